The van der Waals surface area contributed by atoms with Crippen molar-refractivity contribution in [2.24, 2.45) is 7.05 Å². The van der Waals surface area contributed by atoms with Crippen molar-refractivity contribution < 1.29 is 12.8 Å². The molecule has 3 saturated heterocycles. The number of oxazole rings is 1. The van der Waals surface area contributed by atoms with Crippen molar-refractivity contribution in [2.45, 2.75) is 37.2 Å². The summed E-state index contributed by atoms with van der Waals surface area (Å²) in [4.78, 5) is 22.7. The minimum atomic E-state index is -3.67. The van der Waals surface area contributed by atoms with Crippen molar-refractivity contribution in [1.82, 2.24) is 18.8 Å². The first kappa shape index (κ1) is 18.3. The van der Waals surface area contributed by atoms with Crippen LogP contribution >= 0.6 is 0 Å². The van der Waals surface area contributed by atoms with Gasteiger partial charge < -0.3 is 9.32 Å². The van der Waals surface area contributed by atoms with Crippen LogP contribution in [0.5, 0.6) is 0 Å². The molecule has 0 N–H and O–H groups in total. The number of hydrogen-bond donors (Lipinski definition) is 0. The van der Waals surface area contributed by atoms with Crippen LogP contribution in [-0.4, -0.2) is 52.4 Å². The lowest BCUT2D eigenvalue weighted by molar-refractivity contribution is 0.0874. The standard InChI is InChI=1S/C19H21N5O4S/c1-11-12(2)20-10-21-18(11)23-8-13-6-14(9-23)24(13)29(26,27)15-4-5-17-16(7-15)22(3)19(25)28-17/h4-5,7,10,13-14H,6,8-9H2,1-3H3. The number of fused-ring (bicyclic) bond motifs is 3. The molecule has 0 radical (unpaired) electrons. The highest BCUT2D eigenvalue weighted by molar-refractivity contribution is 7.89. The quantitative estimate of drug-likeness (QED) is 0.633. The predicted octanol–water partition coefficient (Wildman–Crippen LogP) is 1.19. The van der Waals surface area contributed by atoms with Gasteiger partial charge in [-0.3, -0.25) is 4.57 Å². The van der Waals surface area contributed by atoms with Crippen LogP contribution in [0, 0.1) is 13.8 Å². The zero-order chi connectivity index (χ0) is 20.5. The van der Waals surface area contributed by atoms with E-state index in [1.807, 2.05) is 13.8 Å². The Kier molecular flexibility index (Phi) is 3.88. The second kappa shape index (κ2) is 6.14. The third-order valence-corrected chi connectivity index (χ3v) is 8.07. The van der Waals surface area contributed by atoms with E-state index < -0.39 is 15.8 Å². The van der Waals surface area contributed by atoms with E-state index in [1.54, 1.807) is 23.7 Å². The number of piperazine rings is 1. The van der Waals surface area contributed by atoms with Crippen LogP contribution in [0.25, 0.3) is 11.1 Å². The minimum absolute atomic E-state index is 0.0997. The zero-order valence-electron chi connectivity index (χ0n) is 16.4. The fourth-order valence-corrected chi connectivity index (χ4v) is 6.21. The molecule has 2 bridgehead atoms. The average Bonchev–Trinajstić information content (AvgIpc) is 2.97. The molecular weight excluding hydrogens is 394 g/mol. The van der Waals surface area contributed by atoms with Crippen LogP contribution in [-0.2, 0) is 17.1 Å². The lowest BCUT2D eigenvalue weighted by Crippen LogP contribution is -2.70. The third-order valence-electron chi connectivity index (χ3n) is 6.07. The van der Waals surface area contributed by atoms with Crippen LogP contribution in [0.4, 0.5) is 5.82 Å². The van der Waals surface area contributed by atoms with Gasteiger partial charge in [-0.05, 0) is 38.5 Å². The van der Waals surface area contributed by atoms with E-state index in [0.717, 1.165) is 23.5 Å². The molecule has 9 nitrogen and oxygen atoms in total. The van der Waals surface area contributed by atoms with Gasteiger partial charge in [0.2, 0.25) is 10.0 Å². The summed E-state index contributed by atoms with van der Waals surface area (Å²) in [5, 5.41) is 0. The maximum Gasteiger partial charge on any atom is 0.419 e. The van der Waals surface area contributed by atoms with E-state index in [-0.39, 0.29) is 17.0 Å². The van der Waals surface area contributed by atoms with Gasteiger partial charge in [-0.1, -0.05) is 0 Å². The fraction of sp³-hybridized carbons (Fsp3) is 0.421. The van der Waals surface area contributed by atoms with Gasteiger partial charge in [-0.25, -0.2) is 23.2 Å². The second-order valence-electron chi connectivity index (χ2n) is 7.75. The average molecular weight is 415 g/mol. The smallest absolute Gasteiger partial charge is 0.408 e. The Morgan fingerprint density at radius 3 is 2.59 bits per heavy atom. The molecule has 3 fully saturated rings. The van der Waals surface area contributed by atoms with Gasteiger partial charge >= 0.3 is 5.76 Å². The summed E-state index contributed by atoms with van der Waals surface area (Å²) < 4.78 is 34.7. The van der Waals surface area contributed by atoms with E-state index in [1.165, 1.54) is 16.7 Å². The Labute approximate surface area is 167 Å². The van der Waals surface area contributed by atoms with E-state index in [2.05, 4.69) is 14.9 Å². The molecular formula is C19H21N5O4S. The molecule has 2 aromatic heterocycles. The van der Waals surface area contributed by atoms with Gasteiger partial charge in [-0.15, -0.1) is 0 Å². The minimum Gasteiger partial charge on any atom is -0.408 e. The van der Waals surface area contributed by atoms with Crippen LogP contribution in [0.3, 0.4) is 0 Å². The molecule has 3 aliphatic rings. The molecule has 29 heavy (non-hydrogen) atoms. The molecule has 2 unspecified atom stereocenters. The molecule has 5 heterocycles. The summed E-state index contributed by atoms with van der Waals surface area (Å²) in [6.07, 6.45) is 2.39. The Bertz CT molecular complexity index is 1280. The number of piperidine rings is 1. The maximum atomic E-state index is 13.3. The molecule has 0 saturated carbocycles. The summed E-state index contributed by atoms with van der Waals surface area (Å²) in [5.74, 6) is 0.362. The summed E-state index contributed by atoms with van der Waals surface area (Å²) in [6.45, 7) is 5.13. The Hall–Kier alpha value is -2.72. The number of nitrogens with zero attached hydrogens (tertiary/aromatic N) is 5. The first-order valence-electron chi connectivity index (χ1n) is 9.43. The number of aromatic nitrogens is 3. The highest BCUT2D eigenvalue weighted by Gasteiger charge is 2.51. The first-order valence-corrected chi connectivity index (χ1v) is 10.9. The normalized spacial score (nSPS) is 22.1. The Morgan fingerprint density at radius 1 is 1.14 bits per heavy atom. The number of rotatable bonds is 3. The largest absolute Gasteiger partial charge is 0.419 e. The Balaban J connectivity index is 1.45. The lowest BCUT2D eigenvalue weighted by atomic mass is 9.91. The number of sulfonamides is 1. The van der Waals surface area contributed by atoms with E-state index in [0.29, 0.717) is 24.2 Å². The van der Waals surface area contributed by atoms with Crippen LogP contribution in [0.1, 0.15) is 17.7 Å². The summed E-state index contributed by atoms with van der Waals surface area (Å²) in [7, 11) is -2.11. The summed E-state index contributed by atoms with van der Waals surface area (Å²) >= 11 is 0. The van der Waals surface area contributed by atoms with Gasteiger partial charge in [0, 0.05) is 43.5 Å². The summed E-state index contributed by atoms with van der Waals surface area (Å²) in [5.41, 5.74) is 2.80. The molecule has 2 atom stereocenters. The van der Waals surface area contributed by atoms with E-state index >= 15 is 0 Å². The lowest BCUT2D eigenvalue weighted by Gasteiger charge is -2.55. The molecule has 3 aliphatic heterocycles. The molecule has 0 amide bonds. The molecule has 3 aromatic rings. The van der Waals surface area contributed by atoms with Crippen LogP contribution < -0.4 is 10.7 Å². The van der Waals surface area contributed by atoms with Crippen molar-refractivity contribution in [1.29, 1.82) is 0 Å². The zero-order valence-corrected chi connectivity index (χ0v) is 17.2. The van der Waals surface area contributed by atoms with Crippen molar-refractivity contribution in [2.75, 3.05) is 18.0 Å². The summed E-state index contributed by atoms with van der Waals surface area (Å²) in [6, 6.07) is 4.36. The number of benzene rings is 1. The monoisotopic (exact) mass is 415 g/mol. The molecule has 152 valence electrons. The van der Waals surface area contributed by atoms with Gasteiger partial charge in [0.1, 0.15) is 12.1 Å². The third kappa shape index (κ3) is 2.62. The van der Waals surface area contributed by atoms with Gasteiger partial charge in [0.25, 0.3) is 0 Å². The highest BCUT2D eigenvalue weighted by atomic mass is 32.2. The van der Waals surface area contributed by atoms with Gasteiger partial charge in [-0.2, -0.15) is 4.31 Å². The number of anilines is 1. The molecule has 10 heteroatoms. The van der Waals surface area contributed by atoms with Crippen molar-refractivity contribution in [3.63, 3.8) is 0 Å². The molecule has 0 spiro atoms. The van der Waals surface area contributed by atoms with Crippen molar-refractivity contribution in [3.05, 3.63) is 46.3 Å². The first-order chi connectivity index (χ1) is 13.8. The van der Waals surface area contributed by atoms with Gasteiger partial charge in [0.15, 0.2) is 5.58 Å². The van der Waals surface area contributed by atoms with Crippen LogP contribution in [0.2, 0.25) is 0 Å². The second-order valence-corrected chi connectivity index (χ2v) is 9.59. The van der Waals surface area contributed by atoms with Crippen LogP contribution in [0.15, 0.2) is 38.6 Å². The number of aryl methyl sites for hydroxylation is 2. The maximum absolute atomic E-state index is 13.3. The fourth-order valence-electron chi connectivity index (χ4n) is 4.37. The van der Waals surface area contributed by atoms with Crippen molar-refractivity contribution >= 4 is 26.9 Å². The van der Waals surface area contributed by atoms with E-state index in [4.69, 9.17) is 4.42 Å². The molecule has 1 aromatic carbocycles. The molecule has 6 rings (SSSR count). The predicted molar refractivity (Wildman–Crippen MR) is 106 cm³/mol. The number of hydrogen-bond acceptors (Lipinski definition) is 7. The SMILES string of the molecule is Cc1ncnc(N2CC3CC(C2)N3S(=O)(=O)c2ccc3oc(=O)n(C)c3c2)c1C. The van der Waals surface area contributed by atoms with Gasteiger partial charge in [0.05, 0.1) is 10.4 Å². The molecule has 0 aliphatic carbocycles. The highest BCUT2D eigenvalue weighted by Crippen LogP contribution is 2.39. The van der Waals surface area contributed by atoms with Crippen molar-refractivity contribution in [3.8, 4) is 0 Å². The topological polar surface area (TPSA) is 102 Å². The van der Waals surface area contributed by atoms with E-state index in [9.17, 15) is 13.2 Å². The Morgan fingerprint density at radius 2 is 1.86 bits per heavy atom.